The van der Waals surface area contributed by atoms with Gasteiger partial charge in [0.25, 0.3) is 0 Å². The van der Waals surface area contributed by atoms with Gasteiger partial charge in [0.1, 0.15) is 23.7 Å². The van der Waals surface area contributed by atoms with Gasteiger partial charge in [-0.3, -0.25) is 14.5 Å². The van der Waals surface area contributed by atoms with E-state index in [0.717, 1.165) is 0 Å². The van der Waals surface area contributed by atoms with E-state index in [2.05, 4.69) is 5.32 Å². The van der Waals surface area contributed by atoms with Crippen molar-refractivity contribution in [1.29, 1.82) is 0 Å². The highest BCUT2D eigenvalue weighted by atomic mass is 19.1. The number of nitrogens with zero attached hydrogens (tertiary/aromatic N) is 1. The van der Waals surface area contributed by atoms with Gasteiger partial charge >= 0.3 is 0 Å². The summed E-state index contributed by atoms with van der Waals surface area (Å²) in [7, 11) is 1.40. The first kappa shape index (κ1) is 14.3. The van der Waals surface area contributed by atoms with Crippen molar-refractivity contribution in [2.24, 2.45) is 0 Å². The predicted molar refractivity (Wildman–Crippen MR) is 72.1 cm³/mol. The Morgan fingerprint density at radius 2 is 2.10 bits per heavy atom. The van der Waals surface area contributed by atoms with Crippen LogP contribution < -0.4 is 15.0 Å². The van der Waals surface area contributed by atoms with E-state index in [9.17, 15) is 14.0 Å². The standard InChI is InChI=1S/C14H17FN2O3/c1-4-10-14(19)17(8(2)13(18)16-10)11-6-5-9(15)7-12(11)20-3/h5-8,10H,4H2,1-3H3,(H,16,18). The van der Waals surface area contributed by atoms with E-state index in [4.69, 9.17) is 4.74 Å². The molecule has 1 heterocycles. The van der Waals surface area contributed by atoms with E-state index < -0.39 is 17.9 Å². The molecule has 1 aromatic rings. The molecule has 5 nitrogen and oxygen atoms in total. The third kappa shape index (κ3) is 2.33. The van der Waals surface area contributed by atoms with Crippen LogP contribution in [0.15, 0.2) is 18.2 Å². The molecule has 2 unspecified atom stereocenters. The van der Waals surface area contributed by atoms with Gasteiger partial charge < -0.3 is 10.1 Å². The van der Waals surface area contributed by atoms with Gasteiger partial charge in [-0.15, -0.1) is 0 Å². The number of piperazine rings is 1. The maximum atomic E-state index is 13.3. The number of hydrogen-bond acceptors (Lipinski definition) is 3. The third-order valence-corrected chi connectivity index (χ3v) is 3.43. The number of methoxy groups -OCH3 is 1. The second-order valence-electron chi connectivity index (χ2n) is 4.67. The van der Waals surface area contributed by atoms with E-state index in [-0.39, 0.29) is 17.6 Å². The zero-order valence-corrected chi connectivity index (χ0v) is 11.6. The van der Waals surface area contributed by atoms with E-state index >= 15 is 0 Å². The molecule has 1 N–H and O–H groups in total. The molecule has 0 aromatic heterocycles. The molecule has 0 spiro atoms. The van der Waals surface area contributed by atoms with Gasteiger partial charge in [0.2, 0.25) is 11.8 Å². The summed E-state index contributed by atoms with van der Waals surface area (Å²) >= 11 is 0. The first-order chi connectivity index (χ1) is 9.49. The summed E-state index contributed by atoms with van der Waals surface area (Å²) in [4.78, 5) is 25.7. The van der Waals surface area contributed by atoms with Crippen LogP contribution in [-0.4, -0.2) is 31.0 Å². The largest absolute Gasteiger partial charge is 0.494 e. The fraction of sp³-hybridized carbons (Fsp3) is 0.429. The number of carbonyl (C=O) groups is 2. The molecule has 20 heavy (non-hydrogen) atoms. The molecule has 6 heteroatoms. The Balaban J connectivity index is 2.48. The third-order valence-electron chi connectivity index (χ3n) is 3.43. The number of carbonyl (C=O) groups excluding carboxylic acids is 2. The predicted octanol–water partition coefficient (Wildman–Crippen LogP) is 1.46. The molecule has 2 atom stereocenters. The first-order valence-electron chi connectivity index (χ1n) is 6.46. The number of ether oxygens (including phenoxy) is 1. The SMILES string of the molecule is CCC1NC(=O)C(C)N(c2ccc(F)cc2OC)C1=O. The summed E-state index contributed by atoms with van der Waals surface area (Å²) in [6, 6.07) is 2.67. The number of hydrogen-bond donors (Lipinski definition) is 1. The molecular weight excluding hydrogens is 263 g/mol. The molecule has 2 rings (SSSR count). The highest BCUT2D eigenvalue weighted by Crippen LogP contribution is 2.32. The lowest BCUT2D eigenvalue weighted by molar-refractivity contribution is -0.133. The van der Waals surface area contributed by atoms with Gasteiger partial charge in [-0.05, 0) is 25.5 Å². The number of nitrogens with one attached hydrogen (secondary N) is 1. The molecule has 0 saturated carbocycles. The molecule has 1 fully saturated rings. The van der Waals surface area contributed by atoms with E-state index in [1.54, 1.807) is 6.92 Å². The van der Waals surface area contributed by atoms with Crippen molar-refractivity contribution in [2.75, 3.05) is 12.0 Å². The average Bonchev–Trinajstić information content (AvgIpc) is 2.44. The fourth-order valence-corrected chi connectivity index (χ4v) is 2.28. The molecular formula is C14H17FN2O3. The van der Waals surface area contributed by atoms with Gasteiger partial charge in [0.05, 0.1) is 12.8 Å². The number of benzene rings is 1. The second kappa shape index (κ2) is 5.48. The zero-order chi connectivity index (χ0) is 14.9. The maximum Gasteiger partial charge on any atom is 0.250 e. The summed E-state index contributed by atoms with van der Waals surface area (Å²) in [5, 5.41) is 2.67. The minimum absolute atomic E-state index is 0.218. The van der Waals surface area contributed by atoms with Gasteiger partial charge in [0.15, 0.2) is 0 Å². The Morgan fingerprint density at radius 3 is 2.70 bits per heavy atom. The van der Waals surface area contributed by atoms with Crippen LogP contribution in [0.4, 0.5) is 10.1 Å². The lowest BCUT2D eigenvalue weighted by Crippen LogP contribution is -2.62. The smallest absolute Gasteiger partial charge is 0.250 e. The van der Waals surface area contributed by atoms with E-state index in [1.165, 1.54) is 30.2 Å². The lowest BCUT2D eigenvalue weighted by Gasteiger charge is -2.37. The lowest BCUT2D eigenvalue weighted by atomic mass is 10.0. The van der Waals surface area contributed by atoms with Crippen LogP contribution >= 0.6 is 0 Å². The van der Waals surface area contributed by atoms with Crippen LogP contribution in [-0.2, 0) is 9.59 Å². The maximum absolute atomic E-state index is 13.3. The van der Waals surface area contributed by atoms with Crippen LogP contribution in [0.5, 0.6) is 5.75 Å². The van der Waals surface area contributed by atoms with Gasteiger partial charge in [-0.2, -0.15) is 0 Å². The Hall–Kier alpha value is -2.11. The van der Waals surface area contributed by atoms with Crippen LogP contribution in [0, 0.1) is 5.82 Å². The molecule has 1 aliphatic heterocycles. The topological polar surface area (TPSA) is 58.6 Å². The van der Waals surface area contributed by atoms with Crippen molar-refractivity contribution in [1.82, 2.24) is 5.32 Å². The Kier molecular flexibility index (Phi) is 3.92. The van der Waals surface area contributed by atoms with Gasteiger partial charge in [-0.25, -0.2) is 4.39 Å². The molecule has 0 bridgehead atoms. The Bertz CT molecular complexity index is 547. The second-order valence-corrected chi connectivity index (χ2v) is 4.67. The molecule has 2 amide bonds. The van der Waals surface area contributed by atoms with Crippen molar-refractivity contribution in [3.05, 3.63) is 24.0 Å². The molecule has 1 aliphatic rings. The molecule has 1 saturated heterocycles. The monoisotopic (exact) mass is 280 g/mol. The normalized spacial score (nSPS) is 22.7. The Labute approximate surface area is 116 Å². The zero-order valence-electron chi connectivity index (χ0n) is 11.6. The molecule has 0 aliphatic carbocycles. The number of anilines is 1. The van der Waals surface area contributed by atoms with Crippen LogP contribution in [0.3, 0.4) is 0 Å². The highest BCUT2D eigenvalue weighted by Gasteiger charge is 2.39. The van der Waals surface area contributed by atoms with E-state index in [0.29, 0.717) is 12.1 Å². The van der Waals surface area contributed by atoms with Crippen molar-refractivity contribution in [2.45, 2.75) is 32.4 Å². The number of rotatable bonds is 3. The number of amides is 2. The summed E-state index contributed by atoms with van der Waals surface area (Å²) in [5.74, 6) is -0.679. The van der Waals surface area contributed by atoms with Crippen molar-refractivity contribution in [3.63, 3.8) is 0 Å². The minimum atomic E-state index is -0.662. The van der Waals surface area contributed by atoms with Crippen molar-refractivity contribution < 1.29 is 18.7 Å². The molecule has 1 aromatic carbocycles. The summed E-state index contributed by atoms with van der Waals surface area (Å²) < 4.78 is 18.4. The van der Waals surface area contributed by atoms with Crippen molar-refractivity contribution >= 4 is 17.5 Å². The van der Waals surface area contributed by atoms with E-state index in [1.807, 2.05) is 6.92 Å². The van der Waals surface area contributed by atoms with Gasteiger partial charge in [-0.1, -0.05) is 6.92 Å². The molecule has 108 valence electrons. The quantitative estimate of drug-likeness (QED) is 0.912. The van der Waals surface area contributed by atoms with Crippen LogP contribution in [0.1, 0.15) is 20.3 Å². The van der Waals surface area contributed by atoms with Crippen molar-refractivity contribution in [3.8, 4) is 5.75 Å². The Morgan fingerprint density at radius 1 is 1.40 bits per heavy atom. The number of halogens is 1. The van der Waals surface area contributed by atoms with Crippen LogP contribution in [0.25, 0.3) is 0 Å². The first-order valence-corrected chi connectivity index (χ1v) is 6.46. The van der Waals surface area contributed by atoms with Gasteiger partial charge in [0, 0.05) is 6.07 Å². The highest BCUT2D eigenvalue weighted by molar-refractivity contribution is 6.08. The summed E-state index contributed by atoms with van der Waals surface area (Å²) in [6.07, 6.45) is 0.497. The fourth-order valence-electron chi connectivity index (χ4n) is 2.28. The van der Waals surface area contributed by atoms with Crippen LogP contribution in [0.2, 0.25) is 0 Å². The summed E-state index contributed by atoms with van der Waals surface area (Å²) in [6.45, 7) is 3.45. The summed E-state index contributed by atoms with van der Waals surface area (Å²) in [5.41, 5.74) is 0.403. The average molecular weight is 280 g/mol. The minimum Gasteiger partial charge on any atom is -0.494 e. The molecule has 0 radical (unpaired) electrons.